The molecule has 0 unspecified atom stereocenters. The first-order valence-electron chi connectivity index (χ1n) is 13.4. The number of likely N-dealkylation sites (N-methyl/N-ethyl adjacent to an activating group) is 1. The number of carbonyl (C=O) groups is 3. The molecule has 2 aromatic carbocycles. The molecule has 2 heterocycles. The van der Waals surface area contributed by atoms with Crippen molar-refractivity contribution in [1.29, 1.82) is 0 Å². The van der Waals surface area contributed by atoms with Crippen LogP contribution in [0.4, 0.5) is 11.4 Å². The number of benzene rings is 2. The first-order valence-corrected chi connectivity index (χ1v) is 13.4. The Balaban J connectivity index is 0.00000280. The summed E-state index contributed by atoms with van der Waals surface area (Å²) in [7, 11) is 3.59. The van der Waals surface area contributed by atoms with Crippen molar-refractivity contribution in [3.8, 4) is 0 Å². The van der Waals surface area contributed by atoms with Crippen LogP contribution < -0.4 is 20.4 Å². The molecule has 11 heteroatoms. The molecule has 2 N–H and O–H groups in total. The van der Waals surface area contributed by atoms with Crippen LogP contribution in [-0.4, -0.2) is 74.1 Å². The molecule has 3 amide bonds. The van der Waals surface area contributed by atoms with Gasteiger partial charge in [0.1, 0.15) is 0 Å². The van der Waals surface area contributed by atoms with Crippen molar-refractivity contribution in [2.75, 3.05) is 50.1 Å². The van der Waals surface area contributed by atoms with Crippen LogP contribution in [0.2, 0.25) is 0 Å². The summed E-state index contributed by atoms with van der Waals surface area (Å²) in [6.07, 6.45) is 1.10. The quantitative estimate of drug-likeness (QED) is 0.412. The number of carbonyl (C=O) groups excluding carboxylic acids is 3. The molecule has 0 aliphatic carbocycles. The zero-order valence-corrected chi connectivity index (χ0v) is 25.7. The lowest BCUT2D eigenvalue weighted by molar-refractivity contribution is -0.145. The highest BCUT2D eigenvalue weighted by molar-refractivity contribution is 5.97. The van der Waals surface area contributed by atoms with E-state index < -0.39 is 0 Å². The third-order valence-corrected chi connectivity index (χ3v) is 7.35. The maximum absolute atomic E-state index is 13.5. The maximum Gasteiger partial charge on any atom is 0.256 e. The van der Waals surface area contributed by atoms with E-state index in [1.807, 2.05) is 41.1 Å². The standard InChI is InChI=1S/C29H40N6O3.2ClH/c1-20(2)30-12-13-31-27(36)18-34(25-15-22-10-11-28(37)32(4)26(22)14-21(25)3)19-29(38)33(5)35-16-23-8-6-7-9-24(23)17-35;;/h6-9,14-15,20,30H,10-13,16-19H2,1-5H3,(H,31,36);2*1H. The first-order chi connectivity index (χ1) is 18.1. The topological polar surface area (TPSA) is 88.2 Å². The average molecular weight is 594 g/mol. The molecule has 4 rings (SSSR count). The molecule has 220 valence electrons. The van der Waals surface area contributed by atoms with Crippen LogP contribution in [0, 0.1) is 6.92 Å². The Morgan fingerprint density at radius 1 is 0.975 bits per heavy atom. The van der Waals surface area contributed by atoms with Crippen molar-refractivity contribution < 1.29 is 14.4 Å². The molecule has 0 fully saturated rings. The first kappa shape index (κ1) is 33.4. The van der Waals surface area contributed by atoms with Crippen LogP contribution in [0.1, 0.15) is 42.5 Å². The van der Waals surface area contributed by atoms with E-state index in [0.717, 1.165) is 22.5 Å². The summed E-state index contributed by atoms with van der Waals surface area (Å²) in [5.41, 5.74) is 6.15. The van der Waals surface area contributed by atoms with Gasteiger partial charge in [0.05, 0.1) is 13.1 Å². The van der Waals surface area contributed by atoms with Crippen LogP contribution in [0.15, 0.2) is 36.4 Å². The molecule has 0 saturated heterocycles. The van der Waals surface area contributed by atoms with E-state index in [2.05, 4.69) is 36.6 Å². The third kappa shape index (κ3) is 7.87. The van der Waals surface area contributed by atoms with Gasteiger partial charge in [-0.3, -0.25) is 19.4 Å². The second-order valence-electron chi connectivity index (χ2n) is 10.5. The van der Waals surface area contributed by atoms with E-state index in [9.17, 15) is 14.4 Å². The fraction of sp³-hybridized carbons (Fsp3) is 0.483. The van der Waals surface area contributed by atoms with E-state index >= 15 is 0 Å². The van der Waals surface area contributed by atoms with E-state index in [0.29, 0.717) is 45.1 Å². The number of nitrogens with one attached hydrogen (secondary N) is 2. The van der Waals surface area contributed by atoms with Gasteiger partial charge in [0.15, 0.2) is 0 Å². The molecule has 0 aromatic heterocycles. The Labute approximate surface area is 250 Å². The molecule has 0 spiro atoms. The van der Waals surface area contributed by atoms with E-state index in [1.54, 1.807) is 24.0 Å². The predicted molar refractivity (Wildman–Crippen MR) is 164 cm³/mol. The predicted octanol–water partition coefficient (Wildman–Crippen LogP) is 3.06. The smallest absolute Gasteiger partial charge is 0.256 e. The number of anilines is 2. The third-order valence-electron chi connectivity index (χ3n) is 7.35. The van der Waals surface area contributed by atoms with Gasteiger partial charge in [-0.05, 0) is 47.7 Å². The summed E-state index contributed by atoms with van der Waals surface area (Å²) >= 11 is 0. The molecule has 9 nitrogen and oxygen atoms in total. The van der Waals surface area contributed by atoms with Gasteiger partial charge in [0, 0.05) is 64.1 Å². The molecular weight excluding hydrogens is 551 g/mol. The zero-order chi connectivity index (χ0) is 27.4. The van der Waals surface area contributed by atoms with Gasteiger partial charge in [-0.15, -0.1) is 24.8 Å². The van der Waals surface area contributed by atoms with Gasteiger partial charge in [-0.25, -0.2) is 5.01 Å². The van der Waals surface area contributed by atoms with Crippen molar-refractivity contribution in [1.82, 2.24) is 20.7 Å². The summed E-state index contributed by atoms with van der Waals surface area (Å²) in [4.78, 5) is 42.3. The molecule has 0 saturated carbocycles. The number of hydrazine groups is 1. The Morgan fingerprint density at radius 3 is 2.25 bits per heavy atom. The Bertz CT molecular complexity index is 1180. The van der Waals surface area contributed by atoms with Crippen LogP contribution in [0.3, 0.4) is 0 Å². The Kier molecular flexibility index (Phi) is 12.2. The van der Waals surface area contributed by atoms with Gasteiger partial charge in [0.2, 0.25) is 11.8 Å². The van der Waals surface area contributed by atoms with Crippen molar-refractivity contribution in [3.63, 3.8) is 0 Å². The number of halogens is 2. The Morgan fingerprint density at radius 2 is 1.62 bits per heavy atom. The highest BCUT2D eigenvalue weighted by atomic mass is 35.5. The molecule has 40 heavy (non-hydrogen) atoms. The summed E-state index contributed by atoms with van der Waals surface area (Å²) in [6, 6.07) is 12.6. The van der Waals surface area contributed by atoms with Crippen molar-refractivity contribution in [3.05, 3.63) is 58.7 Å². The summed E-state index contributed by atoms with van der Waals surface area (Å²) in [5.74, 6) is -0.125. The van der Waals surface area contributed by atoms with Crippen LogP contribution in [-0.2, 0) is 33.9 Å². The van der Waals surface area contributed by atoms with Crippen molar-refractivity contribution in [2.45, 2.75) is 52.7 Å². The number of fused-ring (bicyclic) bond motifs is 2. The van der Waals surface area contributed by atoms with Crippen LogP contribution in [0.5, 0.6) is 0 Å². The highest BCUT2D eigenvalue weighted by Crippen LogP contribution is 2.34. The minimum absolute atomic E-state index is 0. The number of hydrogen-bond donors (Lipinski definition) is 2. The lowest BCUT2D eigenvalue weighted by Crippen LogP contribution is -2.48. The number of amides is 3. The fourth-order valence-corrected chi connectivity index (χ4v) is 5.09. The minimum Gasteiger partial charge on any atom is -0.353 e. The van der Waals surface area contributed by atoms with Gasteiger partial charge < -0.3 is 20.4 Å². The van der Waals surface area contributed by atoms with Gasteiger partial charge >= 0.3 is 0 Å². The normalized spacial score (nSPS) is 14.2. The summed E-state index contributed by atoms with van der Waals surface area (Å²) < 4.78 is 0. The molecular formula is C29H42Cl2N6O3. The SMILES string of the molecule is Cc1cc2c(cc1N(CC(=O)NCCNC(C)C)CC(=O)N(C)N1Cc3ccccc3C1)CCC(=O)N2C.Cl.Cl. The number of aryl methyl sites for hydroxylation is 2. The van der Waals surface area contributed by atoms with E-state index in [4.69, 9.17) is 0 Å². The number of nitrogens with zero attached hydrogens (tertiary/aromatic N) is 4. The maximum atomic E-state index is 13.5. The lowest BCUT2D eigenvalue weighted by atomic mass is 9.98. The van der Waals surface area contributed by atoms with Gasteiger partial charge in [-0.1, -0.05) is 38.1 Å². The molecule has 0 radical (unpaired) electrons. The van der Waals surface area contributed by atoms with E-state index in [-0.39, 0.29) is 55.6 Å². The molecule has 2 aliphatic heterocycles. The van der Waals surface area contributed by atoms with Crippen molar-refractivity contribution >= 4 is 53.9 Å². The molecule has 0 atom stereocenters. The van der Waals surface area contributed by atoms with Crippen molar-refractivity contribution in [2.24, 2.45) is 0 Å². The largest absolute Gasteiger partial charge is 0.353 e. The van der Waals surface area contributed by atoms with Gasteiger partial charge in [0.25, 0.3) is 5.91 Å². The monoisotopic (exact) mass is 592 g/mol. The molecule has 2 aliphatic rings. The highest BCUT2D eigenvalue weighted by Gasteiger charge is 2.28. The molecule has 0 bridgehead atoms. The lowest BCUT2D eigenvalue weighted by Gasteiger charge is -2.33. The minimum atomic E-state index is -0.135. The Hall–Kier alpha value is -2.85. The average Bonchev–Trinajstić information content (AvgIpc) is 3.32. The summed E-state index contributed by atoms with van der Waals surface area (Å²) in [6.45, 7) is 8.78. The van der Waals surface area contributed by atoms with Crippen LogP contribution in [0.25, 0.3) is 0 Å². The second-order valence-corrected chi connectivity index (χ2v) is 10.5. The van der Waals surface area contributed by atoms with Crippen LogP contribution >= 0.6 is 24.8 Å². The van der Waals surface area contributed by atoms with Gasteiger partial charge in [-0.2, -0.15) is 0 Å². The van der Waals surface area contributed by atoms with E-state index in [1.165, 1.54) is 11.1 Å². The zero-order valence-electron chi connectivity index (χ0n) is 24.0. The molecule has 2 aromatic rings. The second kappa shape index (κ2) is 14.7. The number of rotatable bonds is 10. The number of hydrogen-bond acceptors (Lipinski definition) is 6. The summed E-state index contributed by atoms with van der Waals surface area (Å²) in [5, 5.41) is 9.98. The fourth-order valence-electron chi connectivity index (χ4n) is 5.09.